The minimum Gasteiger partial charge on any atom is -0.368 e. The maximum atomic E-state index is 11.3. The molecule has 0 saturated carbocycles. The van der Waals surface area contributed by atoms with Gasteiger partial charge in [-0.25, -0.2) is 4.98 Å². The van der Waals surface area contributed by atoms with E-state index < -0.39 is 0 Å². The highest BCUT2D eigenvalue weighted by atomic mass is 16.1. The zero-order chi connectivity index (χ0) is 16.5. The fraction of sp³-hybridized carbons (Fsp3) is 0.250. The fourth-order valence-electron chi connectivity index (χ4n) is 2.92. The van der Waals surface area contributed by atoms with Gasteiger partial charge in [-0.05, 0) is 24.6 Å². The van der Waals surface area contributed by atoms with E-state index in [0.717, 1.165) is 28.6 Å². The van der Waals surface area contributed by atoms with Gasteiger partial charge in [-0.1, -0.05) is 6.07 Å². The van der Waals surface area contributed by atoms with Crippen LogP contribution >= 0.6 is 0 Å². The molecule has 3 aromatic rings. The highest BCUT2D eigenvalue weighted by Gasteiger charge is 2.20. The van der Waals surface area contributed by atoms with Crippen LogP contribution in [-0.2, 0) is 4.79 Å². The summed E-state index contributed by atoms with van der Waals surface area (Å²) in [6.45, 7) is 0.611. The summed E-state index contributed by atoms with van der Waals surface area (Å²) in [4.78, 5) is 19.9. The molecule has 8 heteroatoms. The molecule has 1 aliphatic heterocycles. The van der Waals surface area contributed by atoms with Gasteiger partial charge >= 0.3 is 0 Å². The predicted molar refractivity (Wildman–Crippen MR) is 91.2 cm³/mol. The number of carbonyl (C=O) groups is 1. The molecular formula is C16H17N7O. The molecule has 2 aromatic heterocycles. The highest BCUT2D eigenvalue weighted by molar-refractivity contribution is 5.92. The summed E-state index contributed by atoms with van der Waals surface area (Å²) in [5, 5.41) is 14.0. The second-order valence-corrected chi connectivity index (χ2v) is 5.82. The summed E-state index contributed by atoms with van der Waals surface area (Å²) in [5.74, 6) is 0.982. The molecule has 5 N–H and O–H groups in total. The van der Waals surface area contributed by atoms with Crippen molar-refractivity contribution in [3.8, 4) is 11.3 Å². The van der Waals surface area contributed by atoms with Crippen molar-refractivity contribution < 1.29 is 4.79 Å². The van der Waals surface area contributed by atoms with Gasteiger partial charge in [0.05, 0.1) is 11.2 Å². The molecule has 1 amide bonds. The number of carbonyl (C=O) groups excluding carboxylic acids is 1. The van der Waals surface area contributed by atoms with E-state index in [4.69, 9.17) is 5.73 Å². The van der Waals surface area contributed by atoms with Gasteiger partial charge in [-0.2, -0.15) is 10.1 Å². The smallest absolute Gasteiger partial charge is 0.222 e. The van der Waals surface area contributed by atoms with E-state index in [1.807, 2.05) is 24.3 Å². The lowest BCUT2D eigenvalue weighted by molar-refractivity contribution is -0.119. The van der Waals surface area contributed by atoms with Crippen molar-refractivity contribution in [3.63, 3.8) is 0 Å². The second kappa shape index (κ2) is 5.80. The van der Waals surface area contributed by atoms with Crippen molar-refractivity contribution in [2.45, 2.75) is 18.9 Å². The van der Waals surface area contributed by atoms with Crippen LogP contribution in [0, 0.1) is 0 Å². The molecular weight excluding hydrogens is 306 g/mol. The van der Waals surface area contributed by atoms with E-state index in [1.165, 1.54) is 0 Å². The number of hydrogen-bond acceptors (Lipinski definition) is 6. The topological polar surface area (TPSA) is 122 Å². The number of nitrogens with zero attached hydrogens (tertiary/aromatic N) is 3. The molecule has 24 heavy (non-hydrogen) atoms. The summed E-state index contributed by atoms with van der Waals surface area (Å²) in [6, 6.07) is 7.91. The Morgan fingerprint density at radius 3 is 2.96 bits per heavy atom. The van der Waals surface area contributed by atoms with Crippen LogP contribution in [0.1, 0.15) is 12.8 Å². The molecule has 0 spiro atoms. The summed E-state index contributed by atoms with van der Waals surface area (Å²) >= 11 is 0. The maximum absolute atomic E-state index is 11.3. The zero-order valence-electron chi connectivity index (χ0n) is 12.9. The Hall–Kier alpha value is -3.16. The standard InChI is InChI=1S/C16H17N7O/c17-16-21-13-7-9(12-5-6-19-23-12)1-3-11(13)15(22-16)18-8-10-2-4-14(24)20-10/h1,3,5-7,10H,2,4,8H2,(H,19,23)(H,20,24)(H3,17,18,21,22). The van der Waals surface area contributed by atoms with E-state index >= 15 is 0 Å². The Bertz CT molecular complexity index is 891. The number of hydrogen-bond donors (Lipinski definition) is 4. The number of nitrogen functional groups attached to an aromatic ring is 1. The van der Waals surface area contributed by atoms with Crippen molar-refractivity contribution in [2.75, 3.05) is 17.6 Å². The van der Waals surface area contributed by atoms with Crippen LogP contribution in [0.4, 0.5) is 11.8 Å². The summed E-state index contributed by atoms with van der Waals surface area (Å²) in [5.41, 5.74) is 8.50. The molecule has 122 valence electrons. The first kappa shape index (κ1) is 14.4. The van der Waals surface area contributed by atoms with Gasteiger partial charge in [0.1, 0.15) is 5.82 Å². The third kappa shape index (κ3) is 2.73. The van der Waals surface area contributed by atoms with Crippen LogP contribution in [0.5, 0.6) is 0 Å². The van der Waals surface area contributed by atoms with Crippen LogP contribution in [0.3, 0.4) is 0 Å². The molecule has 1 aromatic carbocycles. The van der Waals surface area contributed by atoms with E-state index in [0.29, 0.717) is 18.8 Å². The van der Waals surface area contributed by atoms with Gasteiger partial charge in [-0.15, -0.1) is 0 Å². The van der Waals surface area contributed by atoms with Crippen LogP contribution in [0.25, 0.3) is 22.2 Å². The summed E-state index contributed by atoms with van der Waals surface area (Å²) in [6.07, 6.45) is 3.11. The lowest BCUT2D eigenvalue weighted by atomic mass is 10.1. The van der Waals surface area contributed by atoms with Crippen molar-refractivity contribution in [2.24, 2.45) is 0 Å². The fourth-order valence-corrected chi connectivity index (χ4v) is 2.92. The molecule has 1 atom stereocenters. The maximum Gasteiger partial charge on any atom is 0.222 e. The average Bonchev–Trinajstić information content (AvgIpc) is 3.23. The number of nitrogens with one attached hydrogen (secondary N) is 3. The number of benzene rings is 1. The van der Waals surface area contributed by atoms with E-state index in [9.17, 15) is 4.79 Å². The quantitative estimate of drug-likeness (QED) is 0.574. The number of H-pyrrole nitrogens is 1. The molecule has 8 nitrogen and oxygen atoms in total. The van der Waals surface area contributed by atoms with Crippen LogP contribution in [-0.4, -0.2) is 38.7 Å². The van der Waals surface area contributed by atoms with E-state index in [-0.39, 0.29) is 17.9 Å². The Morgan fingerprint density at radius 1 is 1.29 bits per heavy atom. The minimum atomic E-state index is 0.0954. The van der Waals surface area contributed by atoms with Gasteiger partial charge in [0, 0.05) is 36.2 Å². The molecule has 4 rings (SSSR count). The van der Waals surface area contributed by atoms with Gasteiger partial charge in [0.2, 0.25) is 11.9 Å². The summed E-state index contributed by atoms with van der Waals surface area (Å²) < 4.78 is 0. The number of aromatic amines is 1. The molecule has 1 aliphatic rings. The highest BCUT2D eigenvalue weighted by Crippen LogP contribution is 2.26. The first-order chi connectivity index (χ1) is 11.7. The van der Waals surface area contributed by atoms with Gasteiger partial charge in [-0.3, -0.25) is 9.89 Å². The van der Waals surface area contributed by atoms with Crippen molar-refractivity contribution in [3.05, 3.63) is 30.5 Å². The summed E-state index contributed by atoms with van der Waals surface area (Å²) in [7, 11) is 0. The second-order valence-electron chi connectivity index (χ2n) is 5.82. The molecule has 3 heterocycles. The predicted octanol–water partition coefficient (Wildman–Crippen LogP) is 1.29. The molecule has 0 radical (unpaired) electrons. The molecule has 1 saturated heterocycles. The number of rotatable bonds is 4. The van der Waals surface area contributed by atoms with Gasteiger partial charge in [0.25, 0.3) is 0 Å². The number of anilines is 2. The first-order valence-electron chi connectivity index (χ1n) is 7.79. The SMILES string of the molecule is Nc1nc(NCC2CCC(=O)N2)c2ccc(-c3ccn[nH]3)cc2n1. The molecule has 1 fully saturated rings. The largest absolute Gasteiger partial charge is 0.368 e. The average molecular weight is 323 g/mol. The normalized spacial score (nSPS) is 17.2. The van der Waals surface area contributed by atoms with Gasteiger partial charge in [0.15, 0.2) is 0 Å². The number of aromatic nitrogens is 4. The van der Waals surface area contributed by atoms with Crippen molar-refractivity contribution in [1.82, 2.24) is 25.5 Å². The monoisotopic (exact) mass is 323 g/mol. The Morgan fingerprint density at radius 2 is 2.21 bits per heavy atom. The van der Waals surface area contributed by atoms with E-state index in [1.54, 1.807) is 6.20 Å². The molecule has 1 unspecified atom stereocenters. The Kier molecular flexibility index (Phi) is 3.49. The van der Waals surface area contributed by atoms with Crippen LogP contribution < -0.4 is 16.4 Å². The Balaban J connectivity index is 1.64. The molecule has 0 bridgehead atoms. The first-order valence-corrected chi connectivity index (χ1v) is 7.79. The Labute approximate surface area is 137 Å². The van der Waals surface area contributed by atoms with Crippen molar-refractivity contribution in [1.29, 1.82) is 0 Å². The third-order valence-corrected chi connectivity index (χ3v) is 4.13. The zero-order valence-corrected chi connectivity index (χ0v) is 12.9. The number of fused-ring (bicyclic) bond motifs is 1. The van der Waals surface area contributed by atoms with Crippen molar-refractivity contribution >= 4 is 28.6 Å². The minimum absolute atomic E-state index is 0.0954. The lowest BCUT2D eigenvalue weighted by Gasteiger charge is -2.14. The van der Waals surface area contributed by atoms with Gasteiger partial charge < -0.3 is 16.4 Å². The number of nitrogens with two attached hydrogens (primary N) is 1. The third-order valence-electron chi connectivity index (χ3n) is 4.13. The van der Waals surface area contributed by atoms with Crippen LogP contribution in [0.15, 0.2) is 30.5 Å². The molecule has 0 aliphatic carbocycles. The lowest BCUT2D eigenvalue weighted by Crippen LogP contribution is -2.32. The van der Waals surface area contributed by atoms with Crippen LogP contribution in [0.2, 0.25) is 0 Å². The number of amides is 1. The van der Waals surface area contributed by atoms with E-state index in [2.05, 4.69) is 30.8 Å².